The number of hydrogen-bond acceptors (Lipinski definition) is 1. The number of fused-ring (bicyclic) bond motifs is 4. The summed E-state index contributed by atoms with van der Waals surface area (Å²) in [4.78, 5) is 5.04. The molecule has 0 saturated heterocycles. The first-order valence-corrected chi connectivity index (χ1v) is 14.8. The van der Waals surface area contributed by atoms with Crippen molar-refractivity contribution in [2.75, 3.05) is 0 Å². The first kappa shape index (κ1) is 19.3. The summed E-state index contributed by atoms with van der Waals surface area (Å²) in [5.41, 5.74) is 6.63. The Bertz CT molecular complexity index is 2850. The van der Waals surface area contributed by atoms with Gasteiger partial charge >= 0.3 is 0 Å². The molecule has 0 unspecified atom stereocenters. The van der Waals surface area contributed by atoms with Gasteiger partial charge < -0.3 is 0 Å². The fourth-order valence-electron chi connectivity index (χ4n) is 6.55. The SMILES string of the molecule is [2H]c1c([2H])c([2H])c2c(-c3c4ccccc4c(-c4ccc(-c5nc6ccccc6n5-c5ccccc5)cc4)c4ccccc34)c([2H])c([2H])c([2H])c2c1[2H]. The van der Waals surface area contributed by atoms with Crippen LogP contribution < -0.4 is 0 Å². The Kier molecular flexibility index (Phi) is 4.43. The molecule has 0 saturated carbocycles. The summed E-state index contributed by atoms with van der Waals surface area (Å²) >= 11 is 0. The van der Waals surface area contributed by atoms with Gasteiger partial charge in [0.05, 0.1) is 20.6 Å². The normalized spacial score (nSPS) is 13.7. The first-order chi connectivity index (χ1) is 25.3. The molecule has 0 radical (unpaired) electrons. The van der Waals surface area contributed by atoms with Gasteiger partial charge in [0.2, 0.25) is 0 Å². The fraction of sp³-hybridized carbons (Fsp3) is 0. The van der Waals surface area contributed by atoms with Crippen molar-refractivity contribution in [2.45, 2.75) is 0 Å². The summed E-state index contributed by atoms with van der Waals surface area (Å²) in [5, 5.41) is 3.32. The molecule has 0 atom stereocenters. The lowest BCUT2D eigenvalue weighted by Gasteiger charge is -2.19. The summed E-state index contributed by atoms with van der Waals surface area (Å²) in [5.74, 6) is 0.826. The van der Waals surface area contributed by atoms with Crippen LogP contribution in [0.25, 0.3) is 82.7 Å². The minimum atomic E-state index is -0.470. The lowest BCUT2D eigenvalue weighted by molar-refractivity contribution is 1.10. The predicted octanol–water partition coefficient (Wildman–Crippen LogP) is 11.5. The Hall–Kier alpha value is -5.99. The zero-order valence-electron chi connectivity index (χ0n) is 31.0. The highest BCUT2D eigenvalue weighted by atomic mass is 15.1. The molecular weight excluding hydrogens is 544 g/mol. The number of hydrogen-bond donors (Lipinski definition) is 0. The van der Waals surface area contributed by atoms with Crippen LogP contribution in [0.5, 0.6) is 0 Å². The predicted molar refractivity (Wildman–Crippen MR) is 190 cm³/mol. The van der Waals surface area contributed by atoms with Gasteiger partial charge in [-0.2, -0.15) is 0 Å². The summed E-state index contributed by atoms with van der Waals surface area (Å²) in [7, 11) is 0. The van der Waals surface area contributed by atoms with Gasteiger partial charge in [-0.25, -0.2) is 4.98 Å². The monoisotopic (exact) mass is 579 g/mol. The van der Waals surface area contributed by atoms with Crippen LogP contribution >= 0.6 is 0 Å². The van der Waals surface area contributed by atoms with Crippen molar-refractivity contribution in [1.29, 1.82) is 0 Å². The van der Waals surface area contributed by atoms with Crippen LogP contribution in [-0.2, 0) is 0 Å². The van der Waals surface area contributed by atoms with Crippen molar-refractivity contribution in [1.82, 2.24) is 9.55 Å². The standard InChI is InChI=1S/C43H28N2/c1-2-15-32(16-3-1)45-40-24-11-10-23-39(40)44-43(45)31-27-25-30(26-28-31)41-35-18-6-8-20-37(35)42(38-21-9-7-19-36(38)41)34-22-12-14-29-13-4-5-17-33(29)34/h1-28H/i4D,5D,12D,13D,14D,17D,22D. The molecule has 0 amide bonds. The molecule has 9 rings (SSSR count). The number of imidazole rings is 1. The highest BCUT2D eigenvalue weighted by Gasteiger charge is 2.19. The first-order valence-electron chi connectivity index (χ1n) is 18.3. The number of rotatable bonds is 4. The van der Waals surface area contributed by atoms with Crippen molar-refractivity contribution < 1.29 is 9.60 Å². The van der Waals surface area contributed by atoms with Gasteiger partial charge in [-0.15, -0.1) is 0 Å². The van der Waals surface area contributed by atoms with E-state index < -0.39 is 12.1 Å². The van der Waals surface area contributed by atoms with E-state index in [4.69, 9.17) is 13.2 Å². The van der Waals surface area contributed by atoms with E-state index >= 15 is 0 Å². The Morgan fingerprint density at radius 1 is 0.467 bits per heavy atom. The Labute approximate surface area is 271 Å². The highest BCUT2D eigenvalue weighted by Crippen LogP contribution is 2.45. The van der Waals surface area contributed by atoms with Crippen LogP contribution in [0, 0.1) is 0 Å². The second kappa shape index (κ2) is 10.3. The van der Waals surface area contributed by atoms with Crippen LogP contribution in [0.15, 0.2) is 170 Å². The zero-order valence-corrected chi connectivity index (χ0v) is 24.0. The topological polar surface area (TPSA) is 17.8 Å². The average molecular weight is 580 g/mol. The summed E-state index contributed by atoms with van der Waals surface area (Å²) < 4.78 is 63.2. The third-order valence-corrected chi connectivity index (χ3v) is 8.50. The molecular formula is C43H28N2. The van der Waals surface area contributed by atoms with Gasteiger partial charge in [0.1, 0.15) is 5.82 Å². The Balaban J connectivity index is 1.32. The minimum absolute atomic E-state index is 0.0589. The van der Waals surface area contributed by atoms with E-state index in [1.165, 1.54) is 0 Å². The molecule has 9 aromatic rings. The zero-order chi connectivity index (χ0) is 35.8. The molecule has 8 aromatic carbocycles. The molecule has 1 aromatic heterocycles. The molecule has 0 N–H and O–H groups in total. The maximum Gasteiger partial charge on any atom is 0.145 e. The van der Waals surface area contributed by atoms with Gasteiger partial charge in [-0.3, -0.25) is 4.57 Å². The Morgan fingerprint density at radius 3 is 1.78 bits per heavy atom. The largest absolute Gasteiger partial charge is 0.292 e. The van der Waals surface area contributed by atoms with Crippen LogP contribution in [0.2, 0.25) is 0 Å². The lowest BCUT2D eigenvalue weighted by Crippen LogP contribution is -1.97. The van der Waals surface area contributed by atoms with Crippen molar-refractivity contribution in [2.24, 2.45) is 0 Å². The molecule has 1 heterocycles. The molecule has 45 heavy (non-hydrogen) atoms. The number of aromatic nitrogens is 2. The van der Waals surface area contributed by atoms with E-state index in [9.17, 15) is 1.37 Å². The van der Waals surface area contributed by atoms with Gasteiger partial charge in [0, 0.05) is 11.3 Å². The van der Waals surface area contributed by atoms with Crippen LogP contribution in [0.1, 0.15) is 9.60 Å². The van der Waals surface area contributed by atoms with E-state index in [1.807, 2.05) is 84.9 Å². The highest BCUT2D eigenvalue weighted by molar-refractivity contribution is 6.23. The maximum absolute atomic E-state index is 9.17. The van der Waals surface area contributed by atoms with Crippen LogP contribution in [-0.4, -0.2) is 9.55 Å². The van der Waals surface area contributed by atoms with Gasteiger partial charge in [-0.1, -0.05) is 145 Å². The smallest absolute Gasteiger partial charge is 0.145 e. The summed E-state index contributed by atoms with van der Waals surface area (Å²) in [6.07, 6.45) is 0. The maximum atomic E-state index is 9.17. The van der Waals surface area contributed by atoms with Crippen molar-refractivity contribution in [3.8, 4) is 39.3 Å². The second-order valence-corrected chi connectivity index (χ2v) is 11.0. The summed E-state index contributed by atoms with van der Waals surface area (Å²) in [6.45, 7) is 0. The van der Waals surface area contributed by atoms with Gasteiger partial charge in [-0.05, 0) is 78.8 Å². The van der Waals surface area contributed by atoms with E-state index in [-0.39, 0.29) is 46.5 Å². The van der Waals surface area contributed by atoms with E-state index in [2.05, 4.69) is 47.0 Å². The van der Waals surface area contributed by atoms with Gasteiger partial charge in [0.15, 0.2) is 0 Å². The van der Waals surface area contributed by atoms with E-state index in [0.29, 0.717) is 5.56 Å². The van der Waals surface area contributed by atoms with Gasteiger partial charge in [0.25, 0.3) is 0 Å². The van der Waals surface area contributed by atoms with E-state index in [0.717, 1.165) is 60.8 Å². The third kappa shape index (κ3) is 4.07. The number of para-hydroxylation sites is 3. The molecule has 0 aliphatic heterocycles. The fourth-order valence-corrected chi connectivity index (χ4v) is 6.55. The molecule has 0 spiro atoms. The van der Waals surface area contributed by atoms with E-state index in [1.54, 1.807) is 0 Å². The lowest BCUT2D eigenvalue weighted by atomic mass is 9.84. The molecule has 2 nitrogen and oxygen atoms in total. The third-order valence-electron chi connectivity index (χ3n) is 8.50. The summed E-state index contributed by atoms with van der Waals surface area (Å²) in [6, 6.07) is 39.6. The van der Waals surface area contributed by atoms with Crippen LogP contribution in [0.4, 0.5) is 0 Å². The average Bonchev–Trinajstić information content (AvgIpc) is 3.58. The quantitative estimate of drug-likeness (QED) is 0.190. The molecule has 2 heteroatoms. The van der Waals surface area contributed by atoms with Crippen LogP contribution in [0.3, 0.4) is 0 Å². The number of benzene rings is 8. The van der Waals surface area contributed by atoms with Crippen molar-refractivity contribution in [3.05, 3.63) is 170 Å². The second-order valence-electron chi connectivity index (χ2n) is 11.0. The Morgan fingerprint density at radius 2 is 1.04 bits per heavy atom. The minimum Gasteiger partial charge on any atom is -0.292 e. The molecule has 210 valence electrons. The number of nitrogens with zero attached hydrogens (tertiary/aromatic N) is 2. The van der Waals surface area contributed by atoms with Crippen molar-refractivity contribution >= 4 is 43.4 Å². The van der Waals surface area contributed by atoms with Crippen molar-refractivity contribution in [3.63, 3.8) is 0 Å². The molecule has 0 fully saturated rings. The molecule has 0 aliphatic carbocycles. The molecule has 0 aliphatic rings. The molecule has 0 bridgehead atoms.